The molecular weight excluding hydrogens is 377 g/mol. The predicted octanol–water partition coefficient (Wildman–Crippen LogP) is 2.82. The van der Waals surface area contributed by atoms with Gasteiger partial charge in [0.05, 0.1) is 0 Å². The van der Waals surface area contributed by atoms with Crippen molar-refractivity contribution in [3.8, 4) is 5.88 Å². The molecule has 9 heteroatoms. The number of nitrogens with zero attached hydrogens (tertiary/aromatic N) is 4. The van der Waals surface area contributed by atoms with Crippen LogP contribution in [0.25, 0.3) is 11.6 Å². The Bertz CT molecular complexity index is 821. The molecular formula is C17H21Cl2N5O2. The van der Waals surface area contributed by atoms with Gasteiger partial charge in [0.15, 0.2) is 5.82 Å². The Hall–Kier alpha value is -2.09. The van der Waals surface area contributed by atoms with E-state index in [4.69, 9.17) is 0 Å². The molecule has 0 bridgehead atoms. The van der Waals surface area contributed by atoms with Gasteiger partial charge in [0, 0.05) is 43.2 Å². The van der Waals surface area contributed by atoms with Crippen LogP contribution in [0, 0.1) is 5.92 Å². The number of imidazole rings is 1. The molecule has 3 N–H and O–H groups in total. The van der Waals surface area contributed by atoms with Crippen molar-refractivity contribution in [1.82, 2.24) is 15.0 Å². The maximum Gasteiger partial charge on any atom is 0.238 e. The molecule has 0 spiro atoms. The predicted molar refractivity (Wildman–Crippen MR) is 107 cm³/mol. The number of hydrogen-bond donors (Lipinski definition) is 3. The van der Waals surface area contributed by atoms with Crippen LogP contribution in [0.4, 0.5) is 11.8 Å². The first-order chi connectivity index (χ1) is 11.7. The third-order valence-electron chi connectivity index (χ3n) is 4.50. The highest BCUT2D eigenvalue weighted by Gasteiger charge is 2.23. The van der Waals surface area contributed by atoms with E-state index in [1.54, 1.807) is 12.4 Å². The molecule has 2 aromatic rings. The first kappa shape index (κ1) is 20.2. The molecule has 0 aliphatic carbocycles. The van der Waals surface area contributed by atoms with Gasteiger partial charge >= 0.3 is 0 Å². The van der Waals surface area contributed by atoms with Gasteiger partial charge in [0.1, 0.15) is 5.69 Å². The number of anilines is 1. The van der Waals surface area contributed by atoms with Crippen LogP contribution in [0.1, 0.15) is 24.1 Å². The second kappa shape index (κ2) is 8.53. The highest BCUT2D eigenvalue weighted by atomic mass is 35.5. The number of halogens is 2. The van der Waals surface area contributed by atoms with E-state index in [0.29, 0.717) is 17.5 Å². The van der Waals surface area contributed by atoms with Crippen molar-refractivity contribution in [2.75, 3.05) is 24.6 Å². The van der Waals surface area contributed by atoms with Crippen LogP contribution in [-0.2, 0) is 0 Å². The number of allylic oxidation sites excluding steroid dienone is 1. The summed E-state index contributed by atoms with van der Waals surface area (Å²) in [5, 5.41) is 19.5. The van der Waals surface area contributed by atoms with E-state index in [1.807, 2.05) is 18.2 Å². The Morgan fingerprint density at radius 1 is 1.35 bits per heavy atom. The lowest BCUT2D eigenvalue weighted by atomic mass is 9.99. The number of aromatic nitrogens is 3. The SMILES string of the molecule is Cl.Cl.OCC1CCCN(c2nc(O)c(C=C3C=Nc4ncccc43)[nH]2)C1. The second-order valence-electron chi connectivity index (χ2n) is 6.17. The maximum atomic E-state index is 10.2. The average Bonchev–Trinajstić information content (AvgIpc) is 3.20. The molecule has 1 fully saturated rings. The molecule has 2 aliphatic heterocycles. The van der Waals surface area contributed by atoms with E-state index in [-0.39, 0.29) is 43.2 Å². The molecule has 4 rings (SSSR count). The van der Waals surface area contributed by atoms with E-state index in [1.165, 1.54) is 0 Å². The number of rotatable bonds is 3. The summed E-state index contributed by atoms with van der Waals surface area (Å²) in [6, 6.07) is 3.81. The summed E-state index contributed by atoms with van der Waals surface area (Å²) in [7, 11) is 0. The number of aliphatic hydroxyl groups excluding tert-OH is 1. The monoisotopic (exact) mass is 397 g/mol. The van der Waals surface area contributed by atoms with Gasteiger partial charge in [-0.05, 0) is 37.0 Å². The van der Waals surface area contributed by atoms with Crippen molar-refractivity contribution in [1.29, 1.82) is 0 Å². The highest BCUT2D eigenvalue weighted by molar-refractivity contribution is 6.20. The molecule has 0 amide bonds. The zero-order chi connectivity index (χ0) is 16.5. The summed E-state index contributed by atoms with van der Waals surface area (Å²) in [6.07, 6.45) is 7.31. The van der Waals surface area contributed by atoms with E-state index in [2.05, 4.69) is 24.8 Å². The van der Waals surface area contributed by atoms with Gasteiger partial charge in [-0.2, -0.15) is 4.98 Å². The van der Waals surface area contributed by atoms with Crippen molar-refractivity contribution >= 4 is 54.4 Å². The molecule has 0 radical (unpaired) electrons. The van der Waals surface area contributed by atoms with Gasteiger partial charge in [-0.25, -0.2) is 9.98 Å². The smallest absolute Gasteiger partial charge is 0.238 e. The van der Waals surface area contributed by atoms with Crippen LogP contribution in [-0.4, -0.2) is 51.1 Å². The zero-order valence-corrected chi connectivity index (χ0v) is 15.6. The van der Waals surface area contributed by atoms with Gasteiger partial charge in [0.2, 0.25) is 11.8 Å². The van der Waals surface area contributed by atoms with E-state index in [0.717, 1.165) is 37.1 Å². The molecule has 2 aliphatic rings. The van der Waals surface area contributed by atoms with Crippen LogP contribution in [0.2, 0.25) is 0 Å². The molecule has 0 aromatic carbocycles. The van der Waals surface area contributed by atoms with Crippen molar-refractivity contribution in [3.05, 3.63) is 29.6 Å². The minimum Gasteiger partial charge on any atom is -0.492 e. The Labute approximate surface area is 163 Å². The third-order valence-corrected chi connectivity index (χ3v) is 4.50. The summed E-state index contributed by atoms with van der Waals surface area (Å²) in [5.74, 6) is 1.55. The van der Waals surface area contributed by atoms with E-state index >= 15 is 0 Å². The quantitative estimate of drug-likeness (QED) is 0.739. The van der Waals surface area contributed by atoms with Crippen LogP contribution in [0.15, 0.2) is 23.3 Å². The van der Waals surface area contributed by atoms with E-state index in [9.17, 15) is 10.2 Å². The van der Waals surface area contributed by atoms with Crippen molar-refractivity contribution in [3.63, 3.8) is 0 Å². The Morgan fingerprint density at radius 2 is 2.19 bits per heavy atom. The van der Waals surface area contributed by atoms with Gasteiger partial charge in [-0.15, -0.1) is 24.8 Å². The van der Waals surface area contributed by atoms with Crippen molar-refractivity contribution in [2.45, 2.75) is 12.8 Å². The number of piperidine rings is 1. The van der Waals surface area contributed by atoms with Crippen LogP contribution >= 0.6 is 24.8 Å². The molecule has 1 atom stereocenters. The topological polar surface area (TPSA) is 97.6 Å². The fourth-order valence-corrected chi connectivity index (χ4v) is 3.22. The Kier molecular flexibility index (Phi) is 6.63. The summed E-state index contributed by atoms with van der Waals surface area (Å²) >= 11 is 0. The lowest BCUT2D eigenvalue weighted by Crippen LogP contribution is -2.37. The number of aliphatic hydroxyl groups is 1. The van der Waals surface area contributed by atoms with Crippen molar-refractivity contribution in [2.24, 2.45) is 10.9 Å². The van der Waals surface area contributed by atoms with Crippen LogP contribution in [0.5, 0.6) is 5.88 Å². The summed E-state index contributed by atoms with van der Waals surface area (Å²) in [5.41, 5.74) is 2.37. The standard InChI is InChI=1S/C17H19N5O2.2ClH/c23-10-11-3-2-6-22(9-11)17-20-14(16(24)21-17)7-12-8-19-15-13(12)4-1-5-18-15;;/h1,4-5,7-8,11,23-24H,2-3,6,9-10H2,(H,20,21);2*1H. The summed E-state index contributed by atoms with van der Waals surface area (Å²) in [4.78, 5) is 18.0. The van der Waals surface area contributed by atoms with Gasteiger partial charge in [-0.3, -0.25) is 0 Å². The lowest BCUT2D eigenvalue weighted by molar-refractivity contribution is 0.208. The number of pyridine rings is 1. The summed E-state index contributed by atoms with van der Waals surface area (Å²) in [6.45, 7) is 1.79. The zero-order valence-electron chi connectivity index (χ0n) is 14.0. The molecule has 26 heavy (non-hydrogen) atoms. The molecule has 0 saturated carbocycles. The van der Waals surface area contributed by atoms with Crippen LogP contribution < -0.4 is 4.90 Å². The molecule has 2 aromatic heterocycles. The van der Waals surface area contributed by atoms with Gasteiger partial charge in [0.25, 0.3) is 0 Å². The highest BCUT2D eigenvalue weighted by Crippen LogP contribution is 2.32. The molecule has 1 unspecified atom stereocenters. The first-order valence-electron chi connectivity index (χ1n) is 8.10. The molecule has 1 saturated heterocycles. The van der Waals surface area contributed by atoms with Gasteiger partial charge in [-0.1, -0.05) is 0 Å². The van der Waals surface area contributed by atoms with Crippen molar-refractivity contribution < 1.29 is 10.2 Å². The number of fused-ring (bicyclic) bond motifs is 1. The number of aromatic amines is 1. The fraction of sp³-hybridized carbons (Fsp3) is 0.353. The summed E-state index contributed by atoms with van der Waals surface area (Å²) < 4.78 is 0. The fourth-order valence-electron chi connectivity index (χ4n) is 3.22. The number of nitrogens with one attached hydrogen (secondary N) is 1. The normalized spacial score (nSPS) is 19.8. The number of hydrogen-bond acceptors (Lipinski definition) is 6. The van der Waals surface area contributed by atoms with Crippen LogP contribution in [0.3, 0.4) is 0 Å². The Balaban J connectivity index is 0.00000121. The minimum atomic E-state index is -0.0330. The first-order valence-corrected chi connectivity index (χ1v) is 8.10. The number of aromatic hydroxyl groups is 1. The number of H-pyrrole nitrogens is 1. The van der Waals surface area contributed by atoms with E-state index < -0.39 is 0 Å². The Morgan fingerprint density at radius 3 is 3.00 bits per heavy atom. The molecule has 140 valence electrons. The average molecular weight is 398 g/mol. The number of aliphatic imine (C=N–C) groups is 1. The third kappa shape index (κ3) is 3.85. The maximum absolute atomic E-state index is 10.2. The lowest BCUT2D eigenvalue weighted by Gasteiger charge is -2.31. The second-order valence-corrected chi connectivity index (χ2v) is 6.17. The molecule has 4 heterocycles. The largest absolute Gasteiger partial charge is 0.492 e. The van der Waals surface area contributed by atoms with Gasteiger partial charge < -0.3 is 20.1 Å². The molecule has 7 nitrogen and oxygen atoms in total. The minimum absolute atomic E-state index is 0.